The maximum atomic E-state index is 14.6. The van der Waals surface area contributed by atoms with Gasteiger partial charge in [0.25, 0.3) is 0 Å². The minimum absolute atomic E-state index is 0.0556. The summed E-state index contributed by atoms with van der Waals surface area (Å²) in [6.45, 7) is 33.1. The summed E-state index contributed by atoms with van der Waals surface area (Å²) in [4.78, 5) is 18.8. The Balaban J connectivity index is 2.22. The molecule has 0 aromatic carbocycles. The van der Waals surface area contributed by atoms with Crippen LogP contribution in [0.4, 0.5) is 0 Å². The monoisotopic (exact) mass is 831 g/mol. The number of carbonyl (C=O) groups excluding carboxylic acids is 1. The van der Waals surface area contributed by atoms with E-state index in [0.29, 0.717) is 32.2 Å². The van der Waals surface area contributed by atoms with Crippen LogP contribution in [0.15, 0.2) is 0 Å². The SMILES string of the molecule is CC[C@H]1OC(=O)[C@H](C)[C@@H](OC2CC(C)(C)C[C@H](C)O2)C(C)[C@@H](OC2O[C@H](C)C[C@H](N(C)C)[C@H]2O)[C@](C)(O)C[C@@H](C)CN(C)[C@H](C)[C@@H](O[Si](C)(C)C(C)(C)C)[C@]1(C)O. The molecule has 3 aliphatic rings. The third-order valence-electron chi connectivity index (χ3n) is 13.9. The van der Waals surface area contributed by atoms with E-state index in [0.717, 1.165) is 6.42 Å². The first-order valence-electron chi connectivity index (χ1n) is 21.8. The number of carbonyl (C=O) groups is 1. The Bertz CT molecular complexity index is 1290. The molecule has 13 heteroatoms. The minimum atomic E-state index is -2.45. The number of hydrogen-bond acceptors (Lipinski definition) is 12. The van der Waals surface area contributed by atoms with Crippen LogP contribution in [0.3, 0.4) is 0 Å². The topological polar surface area (TPSA) is 140 Å². The van der Waals surface area contributed by atoms with Gasteiger partial charge in [-0.05, 0) is 118 Å². The summed E-state index contributed by atoms with van der Waals surface area (Å²) in [5, 5.41) is 36.9. The first kappa shape index (κ1) is 50.6. The van der Waals surface area contributed by atoms with Crippen LogP contribution in [0.2, 0.25) is 18.1 Å². The number of cyclic esters (lactones) is 1. The highest BCUT2D eigenvalue weighted by atomic mass is 28.4. The number of esters is 1. The van der Waals surface area contributed by atoms with Gasteiger partial charge in [0.15, 0.2) is 20.9 Å². The van der Waals surface area contributed by atoms with E-state index < -0.39 is 80.4 Å². The average molecular weight is 831 g/mol. The normalized spacial score (nSPS) is 43.9. The van der Waals surface area contributed by atoms with Crippen molar-refractivity contribution in [3.8, 4) is 0 Å². The molecule has 3 saturated heterocycles. The first-order valence-corrected chi connectivity index (χ1v) is 24.8. The molecule has 3 heterocycles. The van der Waals surface area contributed by atoms with Crippen molar-refractivity contribution in [2.45, 2.75) is 226 Å². The molecule has 3 N–H and O–H groups in total. The fourth-order valence-electron chi connectivity index (χ4n) is 9.59. The molecule has 3 fully saturated rings. The molecule has 57 heavy (non-hydrogen) atoms. The van der Waals surface area contributed by atoms with Gasteiger partial charge in [-0.25, -0.2) is 0 Å². The number of rotatable bonds is 8. The molecule has 0 radical (unpaired) electrons. The first-order chi connectivity index (χ1) is 25.8. The van der Waals surface area contributed by atoms with E-state index >= 15 is 0 Å². The van der Waals surface area contributed by atoms with E-state index in [4.69, 9.17) is 28.1 Å². The van der Waals surface area contributed by atoms with Crippen molar-refractivity contribution in [2.24, 2.45) is 23.2 Å². The van der Waals surface area contributed by atoms with Gasteiger partial charge in [0.05, 0.1) is 42.0 Å². The van der Waals surface area contributed by atoms with E-state index in [1.165, 1.54) is 0 Å². The molecule has 12 nitrogen and oxygen atoms in total. The predicted octanol–water partition coefficient (Wildman–Crippen LogP) is 6.58. The van der Waals surface area contributed by atoms with Gasteiger partial charge in [-0.3, -0.25) is 4.79 Å². The molecule has 16 atom stereocenters. The lowest BCUT2D eigenvalue weighted by Crippen LogP contribution is -2.63. The minimum Gasteiger partial charge on any atom is -0.459 e. The van der Waals surface area contributed by atoms with E-state index in [9.17, 15) is 20.1 Å². The lowest BCUT2D eigenvalue weighted by molar-refractivity contribution is -0.308. The van der Waals surface area contributed by atoms with Crippen LogP contribution in [-0.4, -0.2) is 146 Å². The molecular formula is C44H86N2O10Si. The van der Waals surface area contributed by atoms with Crippen molar-refractivity contribution in [3.63, 3.8) is 0 Å². The lowest BCUT2D eigenvalue weighted by Gasteiger charge is -2.49. The fraction of sp³-hybridized carbons (Fsp3) is 0.977. The van der Waals surface area contributed by atoms with Gasteiger partial charge in [-0.15, -0.1) is 0 Å². The molecular weight excluding hydrogens is 745 g/mol. The Kier molecular flexibility index (Phi) is 17.0. The lowest BCUT2D eigenvalue weighted by atomic mass is 9.77. The molecule has 0 aliphatic carbocycles. The van der Waals surface area contributed by atoms with Crippen LogP contribution in [0, 0.1) is 23.2 Å². The van der Waals surface area contributed by atoms with Crippen molar-refractivity contribution >= 4 is 14.3 Å². The van der Waals surface area contributed by atoms with E-state index in [-0.39, 0.29) is 40.7 Å². The van der Waals surface area contributed by atoms with Crippen LogP contribution < -0.4 is 0 Å². The summed E-state index contributed by atoms with van der Waals surface area (Å²) in [6, 6.07) is -0.515. The standard InChI is InChI=1S/C44H86N2O10Si/c1-20-33-44(14,50)38(56-57(18,19)41(8,9)10)31(7)46(17)25-26(2)22-43(13,49)37(55-40-35(47)32(45(15)16)21-27(3)52-40)29(5)36(30(6)39(48)53-33)54-34-24-42(11,12)23-28(4)51-34/h26-38,40,47,49-50H,20-25H2,1-19H3/t26-,27-,28+,29?,30-,31-,32+,33-,34?,35-,36+,37-,38-,40?,43-,44-/m1/s1. The zero-order valence-corrected chi connectivity index (χ0v) is 40.4. The Morgan fingerprint density at radius 3 is 2.04 bits per heavy atom. The second-order valence-corrected chi connectivity index (χ2v) is 26.3. The summed E-state index contributed by atoms with van der Waals surface area (Å²) in [5.41, 5.74) is -3.10. The Morgan fingerprint density at radius 2 is 1.51 bits per heavy atom. The highest BCUT2D eigenvalue weighted by Crippen LogP contribution is 2.43. The Hall–Kier alpha value is -0.713. The smallest absolute Gasteiger partial charge is 0.311 e. The number of nitrogens with zero attached hydrogens (tertiary/aromatic N) is 2. The summed E-state index contributed by atoms with van der Waals surface area (Å²) in [5.74, 6) is -2.09. The zero-order valence-electron chi connectivity index (χ0n) is 39.4. The summed E-state index contributed by atoms with van der Waals surface area (Å²) in [7, 11) is 3.42. The highest BCUT2D eigenvalue weighted by Gasteiger charge is 2.53. The third-order valence-corrected chi connectivity index (χ3v) is 18.3. The van der Waals surface area contributed by atoms with Gasteiger partial charge in [0, 0.05) is 31.0 Å². The van der Waals surface area contributed by atoms with E-state index in [1.54, 1.807) is 20.8 Å². The predicted molar refractivity (Wildman–Crippen MR) is 227 cm³/mol. The molecule has 0 aromatic rings. The molecule has 3 unspecified atom stereocenters. The Morgan fingerprint density at radius 1 is 0.912 bits per heavy atom. The van der Waals surface area contributed by atoms with Crippen molar-refractivity contribution < 1.29 is 48.2 Å². The molecule has 3 aliphatic heterocycles. The molecule has 0 aromatic heterocycles. The highest BCUT2D eigenvalue weighted by molar-refractivity contribution is 6.74. The van der Waals surface area contributed by atoms with Crippen LogP contribution in [-0.2, 0) is 32.9 Å². The van der Waals surface area contributed by atoms with Gasteiger partial charge in [0.2, 0.25) is 0 Å². The van der Waals surface area contributed by atoms with Crippen LogP contribution in [0.25, 0.3) is 0 Å². The van der Waals surface area contributed by atoms with Crippen molar-refractivity contribution in [3.05, 3.63) is 0 Å². The number of aliphatic hydroxyl groups excluding tert-OH is 1. The van der Waals surface area contributed by atoms with Crippen LogP contribution in [0.5, 0.6) is 0 Å². The van der Waals surface area contributed by atoms with E-state index in [2.05, 4.69) is 66.5 Å². The molecule has 3 rings (SSSR count). The van der Waals surface area contributed by atoms with Gasteiger partial charge in [-0.2, -0.15) is 0 Å². The quantitative estimate of drug-likeness (QED) is 0.180. The van der Waals surface area contributed by atoms with E-state index in [1.807, 2.05) is 53.7 Å². The maximum absolute atomic E-state index is 14.6. The third kappa shape index (κ3) is 12.5. The van der Waals surface area contributed by atoms with Crippen LogP contribution >= 0.6 is 0 Å². The van der Waals surface area contributed by atoms with Crippen LogP contribution in [0.1, 0.15) is 129 Å². The van der Waals surface area contributed by atoms with Gasteiger partial charge >= 0.3 is 5.97 Å². The second-order valence-electron chi connectivity index (χ2n) is 21.5. The molecule has 0 bridgehead atoms. The van der Waals surface area contributed by atoms with Gasteiger partial charge < -0.3 is 53.2 Å². The largest absolute Gasteiger partial charge is 0.459 e. The maximum Gasteiger partial charge on any atom is 0.311 e. The molecule has 0 spiro atoms. The van der Waals surface area contributed by atoms with Crippen molar-refractivity contribution in [2.75, 3.05) is 27.7 Å². The number of aliphatic hydroxyl groups is 3. The summed E-state index contributed by atoms with van der Waals surface area (Å²) < 4.78 is 40.0. The number of hydrogen-bond donors (Lipinski definition) is 3. The molecule has 336 valence electrons. The molecule has 0 amide bonds. The zero-order chi connectivity index (χ0) is 43.8. The second kappa shape index (κ2) is 19.1. The average Bonchev–Trinajstić information content (AvgIpc) is 3.05. The summed E-state index contributed by atoms with van der Waals surface area (Å²) >= 11 is 0. The van der Waals surface area contributed by atoms with Gasteiger partial charge in [0.1, 0.15) is 17.8 Å². The Labute approximate surface area is 348 Å². The molecule has 0 saturated carbocycles. The number of ether oxygens (including phenoxy) is 5. The van der Waals surface area contributed by atoms with Crippen molar-refractivity contribution in [1.82, 2.24) is 9.80 Å². The van der Waals surface area contributed by atoms with Crippen molar-refractivity contribution in [1.29, 1.82) is 0 Å². The number of likely N-dealkylation sites (N-methyl/N-ethyl adjacent to an activating group) is 2. The summed E-state index contributed by atoms with van der Waals surface area (Å²) in [6.07, 6.45) is -3.56. The van der Waals surface area contributed by atoms with Gasteiger partial charge in [-0.1, -0.05) is 55.4 Å². The fourth-order valence-corrected chi connectivity index (χ4v) is 11.0.